The van der Waals surface area contributed by atoms with Crippen LogP contribution in [0, 0.1) is 0 Å². The number of carbonyl (C=O) groups is 1. The van der Waals surface area contributed by atoms with Gasteiger partial charge in [-0.05, 0) is 24.6 Å². The van der Waals surface area contributed by atoms with Crippen molar-refractivity contribution in [3.8, 4) is 5.69 Å². The zero-order chi connectivity index (χ0) is 18.7. The number of rotatable bonds is 4. The van der Waals surface area contributed by atoms with E-state index in [0.717, 1.165) is 11.3 Å². The molecule has 0 unspecified atom stereocenters. The third-order valence-corrected chi connectivity index (χ3v) is 5.47. The summed E-state index contributed by atoms with van der Waals surface area (Å²) in [7, 11) is -3.71. The average Bonchev–Trinajstić information content (AvgIpc) is 3.15. The number of hydrogen-bond donors (Lipinski definition) is 2. The highest BCUT2D eigenvalue weighted by atomic mass is 32.2. The molecule has 1 atom stereocenters. The number of hydrogen-bond acceptors (Lipinski definition) is 4. The maximum atomic E-state index is 12.5. The minimum absolute atomic E-state index is 0.199. The Bertz CT molecular complexity index is 860. The normalized spacial score (nSPS) is 17.1. The zero-order valence-corrected chi connectivity index (χ0v) is 15.3. The van der Waals surface area contributed by atoms with Crippen molar-refractivity contribution in [2.45, 2.75) is 13.0 Å². The van der Waals surface area contributed by atoms with Gasteiger partial charge in [-0.1, -0.05) is 18.2 Å². The van der Waals surface area contributed by atoms with Crippen LogP contribution in [0.3, 0.4) is 0 Å². The van der Waals surface area contributed by atoms with Gasteiger partial charge in [0.05, 0.1) is 11.7 Å². The number of piperazine rings is 1. The standard InChI is InChI=1S/C16H22N6O3S/c1-13(14-5-2-3-6-15(14)22-8-4-7-18-22)19-16(23)20-9-11-21(12-10-20)26(17,24)25/h2-8,13H,9-12H2,1H3,(H,19,23)(H2,17,24,25)/t13-/m0/s1. The molecule has 2 heterocycles. The van der Waals surface area contributed by atoms with E-state index in [9.17, 15) is 13.2 Å². The number of nitrogens with one attached hydrogen (secondary N) is 1. The molecule has 1 aliphatic heterocycles. The lowest BCUT2D eigenvalue weighted by atomic mass is 10.1. The molecular weight excluding hydrogens is 356 g/mol. The van der Waals surface area contributed by atoms with Crippen LogP contribution in [0.25, 0.3) is 5.69 Å². The molecule has 1 aliphatic rings. The molecule has 0 radical (unpaired) electrons. The van der Waals surface area contributed by atoms with E-state index < -0.39 is 10.2 Å². The first-order chi connectivity index (χ1) is 12.4. The molecule has 3 rings (SSSR count). The smallest absolute Gasteiger partial charge is 0.317 e. The third kappa shape index (κ3) is 4.03. The minimum atomic E-state index is -3.71. The van der Waals surface area contributed by atoms with Crippen LogP contribution in [0.4, 0.5) is 4.79 Å². The molecule has 0 bridgehead atoms. The van der Waals surface area contributed by atoms with Gasteiger partial charge in [-0.3, -0.25) is 0 Å². The van der Waals surface area contributed by atoms with Gasteiger partial charge in [-0.25, -0.2) is 14.6 Å². The third-order valence-electron chi connectivity index (χ3n) is 4.38. The Morgan fingerprint density at radius 1 is 1.19 bits per heavy atom. The second-order valence-electron chi connectivity index (χ2n) is 6.11. The monoisotopic (exact) mass is 378 g/mol. The highest BCUT2D eigenvalue weighted by Gasteiger charge is 2.27. The summed E-state index contributed by atoms with van der Waals surface area (Å²) in [6, 6.07) is 9.08. The van der Waals surface area contributed by atoms with Crippen LogP contribution in [0.2, 0.25) is 0 Å². The number of urea groups is 1. The molecule has 1 aromatic heterocycles. The quantitative estimate of drug-likeness (QED) is 0.805. The van der Waals surface area contributed by atoms with Gasteiger partial charge in [0.25, 0.3) is 10.2 Å². The fourth-order valence-corrected chi connectivity index (χ4v) is 3.65. The van der Waals surface area contributed by atoms with Gasteiger partial charge in [0.1, 0.15) is 0 Å². The maximum Gasteiger partial charge on any atom is 0.317 e. The van der Waals surface area contributed by atoms with E-state index in [0.29, 0.717) is 13.1 Å². The first-order valence-electron chi connectivity index (χ1n) is 8.28. The summed E-state index contributed by atoms with van der Waals surface area (Å²) in [6.45, 7) is 2.90. The predicted molar refractivity (Wildman–Crippen MR) is 96.8 cm³/mol. The molecule has 0 saturated carbocycles. The van der Waals surface area contributed by atoms with Crippen LogP contribution in [0.1, 0.15) is 18.5 Å². The number of amides is 2. The van der Waals surface area contributed by atoms with Gasteiger partial charge >= 0.3 is 6.03 Å². The van der Waals surface area contributed by atoms with Crippen LogP contribution >= 0.6 is 0 Å². The van der Waals surface area contributed by atoms with Gasteiger partial charge < -0.3 is 10.2 Å². The SMILES string of the molecule is C[C@H](NC(=O)N1CCN(S(N)(=O)=O)CC1)c1ccccc1-n1cccn1. The van der Waals surface area contributed by atoms with E-state index in [1.807, 2.05) is 43.5 Å². The highest BCUT2D eigenvalue weighted by Crippen LogP contribution is 2.21. The van der Waals surface area contributed by atoms with Crippen LogP contribution < -0.4 is 10.5 Å². The molecular formula is C16H22N6O3S. The second-order valence-corrected chi connectivity index (χ2v) is 7.66. The van der Waals surface area contributed by atoms with Crippen molar-refractivity contribution < 1.29 is 13.2 Å². The summed E-state index contributed by atoms with van der Waals surface area (Å²) >= 11 is 0. The lowest BCUT2D eigenvalue weighted by molar-refractivity contribution is 0.169. The Morgan fingerprint density at radius 2 is 1.88 bits per heavy atom. The molecule has 1 fully saturated rings. The van der Waals surface area contributed by atoms with Crippen molar-refractivity contribution in [1.82, 2.24) is 24.3 Å². The topological polar surface area (TPSA) is 114 Å². The number of para-hydroxylation sites is 1. The highest BCUT2D eigenvalue weighted by molar-refractivity contribution is 7.86. The largest absolute Gasteiger partial charge is 0.331 e. The number of aromatic nitrogens is 2. The van der Waals surface area contributed by atoms with Crippen molar-refractivity contribution in [2.24, 2.45) is 5.14 Å². The predicted octanol–water partition coefficient (Wildman–Crippen LogP) is 0.464. The van der Waals surface area contributed by atoms with Crippen LogP contribution in [-0.4, -0.2) is 59.6 Å². The summed E-state index contributed by atoms with van der Waals surface area (Å²) in [5, 5.41) is 12.3. The van der Waals surface area contributed by atoms with Gasteiger partial charge in [-0.15, -0.1) is 0 Å². The van der Waals surface area contributed by atoms with E-state index in [1.54, 1.807) is 15.8 Å². The van der Waals surface area contributed by atoms with Crippen molar-refractivity contribution in [3.05, 3.63) is 48.3 Å². The Morgan fingerprint density at radius 3 is 2.50 bits per heavy atom. The first-order valence-corrected chi connectivity index (χ1v) is 9.79. The van der Waals surface area contributed by atoms with Crippen molar-refractivity contribution in [3.63, 3.8) is 0 Å². The summed E-state index contributed by atoms with van der Waals surface area (Å²) in [5.74, 6) is 0. The molecule has 2 amide bonds. The summed E-state index contributed by atoms with van der Waals surface area (Å²) in [6.07, 6.45) is 3.55. The van der Waals surface area contributed by atoms with E-state index in [2.05, 4.69) is 10.4 Å². The minimum Gasteiger partial charge on any atom is -0.331 e. The van der Waals surface area contributed by atoms with Gasteiger partial charge in [0, 0.05) is 38.6 Å². The summed E-state index contributed by atoms with van der Waals surface area (Å²) in [5.41, 5.74) is 1.83. The molecule has 10 heteroatoms. The maximum absolute atomic E-state index is 12.5. The van der Waals surface area contributed by atoms with E-state index in [1.165, 1.54) is 4.31 Å². The van der Waals surface area contributed by atoms with E-state index in [4.69, 9.17) is 5.14 Å². The lowest BCUT2D eigenvalue weighted by Gasteiger charge is -2.33. The first kappa shape index (κ1) is 18.4. The lowest BCUT2D eigenvalue weighted by Crippen LogP contribution is -2.54. The summed E-state index contributed by atoms with van der Waals surface area (Å²) < 4.78 is 25.6. The summed E-state index contributed by atoms with van der Waals surface area (Å²) in [4.78, 5) is 14.1. The van der Waals surface area contributed by atoms with Crippen molar-refractivity contribution in [2.75, 3.05) is 26.2 Å². The Hall–Kier alpha value is -2.43. The molecule has 0 spiro atoms. The van der Waals surface area contributed by atoms with E-state index >= 15 is 0 Å². The Kier molecular flexibility index (Phi) is 5.25. The number of carbonyl (C=O) groups excluding carboxylic acids is 1. The number of benzene rings is 1. The molecule has 140 valence electrons. The fraction of sp³-hybridized carbons (Fsp3) is 0.375. The molecule has 2 aromatic rings. The second kappa shape index (κ2) is 7.44. The molecule has 0 aliphatic carbocycles. The molecule has 26 heavy (non-hydrogen) atoms. The number of nitrogens with zero attached hydrogens (tertiary/aromatic N) is 4. The molecule has 3 N–H and O–H groups in total. The molecule has 1 aromatic carbocycles. The fourth-order valence-electron chi connectivity index (χ4n) is 2.97. The average molecular weight is 378 g/mol. The zero-order valence-electron chi connectivity index (χ0n) is 14.4. The van der Waals surface area contributed by atoms with Crippen LogP contribution in [0.5, 0.6) is 0 Å². The molecule has 9 nitrogen and oxygen atoms in total. The van der Waals surface area contributed by atoms with Gasteiger partial charge in [0.2, 0.25) is 0 Å². The van der Waals surface area contributed by atoms with Crippen LogP contribution in [-0.2, 0) is 10.2 Å². The van der Waals surface area contributed by atoms with E-state index in [-0.39, 0.29) is 25.2 Å². The van der Waals surface area contributed by atoms with Crippen molar-refractivity contribution in [1.29, 1.82) is 0 Å². The van der Waals surface area contributed by atoms with Crippen molar-refractivity contribution >= 4 is 16.2 Å². The Labute approximate surface area is 152 Å². The van der Waals surface area contributed by atoms with Gasteiger partial charge in [-0.2, -0.15) is 17.8 Å². The van der Waals surface area contributed by atoms with Gasteiger partial charge in [0.15, 0.2) is 0 Å². The van der Waals surface area contributed by atoms with Crippen LogP contribution in [0.15, 0.2) is 42.7 Å². The molecule has 1 saturated heterocycles. The Balaban J connectivity index is 1.66. The number of nitrogens with two attached hydrogens (primary N) is 1.